The third kappa shape index (κ3) is 5.82. The van der Waals surface area contributed by atoms with Crippen LogP contribution in [0, 0.1) is 0 Å². The SMILES string of the molecule is CCOC(=O)/C=C/[C@@H](CC)O[Si](C)(C)C(C)(C)C. The summed E-state index contributed by atoms with van der Waals surface area (Å²) in [5, 5.41) is 0.179. The quantitative estimate of drug-likeness (QED) is 0.418. The Bertz CT molecular complexity index is 290. The molecule has 4 heteroatoms. The summed E-state index contributed by atoms with van der Waals surface area (Å²) in [5.74, 6) is -0.296. The van der Waals surface area contributed by atoms with Crippen molar-refractivity contribution >= 4 is 14.3 Å². The molecule has 0 N–H and O–H groups in total. The summed E-state index contributed by atoms with van der Waals surface area (Å²) in [5.41, 5.74) is 0. The van der Waals surface area contributed by atoms with Gasteiger partial charge in [-0.25, -0.2) is 4.79 Å². The first-order valence-corrected chi connectivity index (χ1v) is 9.57. The minimum atomic E-state index is -1.78. The molecule has 0 spiro atoms. The van der Waals surface area contributed by atoms with Crippen LogP contribution in [0.5, 0.6) is 0 Å². The highest BCUT2D eigenvalue weighted by Gasteiger charge is 2.38. The molecule has 0 aromatic rings. The largest absolute Gasteiger partial charge is 0.463 e. The zero-order valence-corrected chi connectivity index (χ0v) is 13.9. The lowest BCUT2D eigenvalue weighted by Crippen LogP contribution is -2.43. The Hall–Kier alpha value is -0.613. The van der Waals surface area contributed by atoms with Crippen LogP contribution < -0.4 is 0 Å². The number of hydrogen-bond acceptors (Lipinski definition) is 3. The van der Waals surface area contributed by atoms with Crippen molar-refractivity contribution in [1.82, 2.24) is 0 Å². The molecule has 106 valence electrons. The number of carbonyl (C=O) groups excluding carboxylic acids is 1. The van der Waals surface area contributed by atoms with Crippen LogP contribution in [0.25, 0.3) is 0 Å². The van der Waals surface area contributed by atoms with Gasteiger partial charge in [0.15, 0.2) is 8.32 Å². The molecule has 3 nitrogen and oxygen atoms in total. The lowest BCUT2D eigenvalue weighted by molar-refractivity contribution is -0.137. The Morgan fingerprint density at radius 2 is 1.83 bits per heavy atom. The first kappa shape index (κ1) is 17.4. The third-order valence-electron chi connectivity index (χ3n) is 3.39. The van der Waals surface area contributed by atoms with E-state index in [0.29, 0.717) is 6.61 Å². The fourth-order valence-corrected chi connectivity index (χ4v) is 2.55. The minimum absolute atomic E-state index is 0.00435. The van der Waals surface area contributed by atoms with Crippen LogP contribution in [0.2, 0.25) is 18.1 Å². The molecule has 0 fully saturated rings. The van der Waals surface area contributed by atoms with Crippen LogP contribution in [-0.4, -0.2) is 27.0 Å². The summed E-state index contributed by atoms with van der Waals surface area (Å²) in [6.07, 6.45) is 4.15. The molecular weight excluding hydrogens is 244 g/mol. The normalized spacial score (nSPS) is 14.8. The van der Waals surface area contributed by atoms with Crippen molar-refractivity contribution in [2.24, 2.45) is 0 Å². The standard InChI is InChI=1S/C14H28O3Si/c1-8-12(10-11-13(15)16-9-2)17-18(6,7)14(3,4)5/h10-12H,8-9H2,1-7H3/b11-10+/t12-/m1/s1. The van der Waals surface area contributed by atoms with Crippen LogP contribution in [0.1, 0.15) is 41.0 Å². The van der Waals surface area contributed by atoms with E-state index in [-0.39, 0.29) is 17.1 Å². The maximum atomic E-state index is 11.3. The summed E-state index contributed by atoms with van der Waals surface area (Å²) in [6, 6.07) is 0. The van der Waals surface area contributed by atoms with Gasteiger partial charge in [0.1, 0.15) is 0 Å². The van der Waals surface area contributed by atoms with Gasteiger partial charge in [0.2, 0.25) is 0 Å². The fraction of sp³-hybridized carbons (Fsp3) is 0.786. The zero-order chi connectivity index (χ0) is 14.4. The molecule has 1 atom stereocenters. The van der Waals surface area contributed by atoms with Crippen LogP contribution in [0.4, 0.5) is 0 Å². The molecular formula is C14H28O3Si. The van der Waals surface area contributed by atoms with Gasteiger partial charge in [-0.1, -0.05) is 27.7 Å². The van der Waals surface area contributed by atoms with Gasteiger partial charge in [-0.15, -0.1) is 0 Å². The highest BCUT2D eigenvalue weighted by atomic mass is 28.4. The lowest BCUT2D eigenvalue weighted by atomic mass is 10.2. The lowest BCUT2D eigenvalue weighted by Gasteiger charge is -2.38. The maximum Gasteiger partial charge on any atom is 0.330 e. The van der Waals surface area contributed by atoms with Crippen molar-refractivity contribution in [2.75, 3.05) is 6.61 Å². The average Bonchev–Trinajstić information content (AvgIpc) is 2.22. The second-order valence-corrected chi connectivity index (χ2v) is 10.7. The predicted molar refractivity (Wildman–Crippen MR) is 78.1 cm³/mol. The van der Waals surface area contributed by atoms with Crippen molar-refractivity contribution in [3.63, 3.8) is 0 Å². The van der Waals surface area contributed by atoms with Crippen LogP contribution >= 0.6 is 0 Å². The summed E-state index contributed by atoms with van der Waals surface area (Å²) in [4.78, 5) is 11.3. The van der Waals surface area contributed by atoms with Crippen molar-refractivity contribution in [2.45, 2.75) is 65.3 Å². The summed E-state index contributed by atoms with van der Waals surface area (Å²) >= 11 is 0. The third-order valence-corrected chi connectivity index (χ3v) is 7.89. The summed E-state index contributed by atoms with van der Waals surface area (Å²) in [7, 11) is -1.78. The predicted octanol–water partition coefficient (Wildman–Crippen LogP) is 3.91. The van der Waals surface area contributed by atoms with Gasteiger partial charge in [-0.05, 0) is 37.6 Å². The molecule has 0 amide bonds. The average molecular weight is 272 g/mol. The number of carbonyl (C=O) groups is 1. The fourth-order valence-electron chi connectivity index (χ4n) is 1.19. The van der Waals surface area contributed by atoms with Gasteiger partial charge in [-0.2, -0.15) is 0 Å². The van der Waals surface area contributed by atoms with Crippen LogP contribution in [0.3, 0.4) is 0 Å². The minimum Gasteiger partial charge on any atom is -0.463 e. The molecule has 0 rings (SSSR count). The smallest absolute Gasteiger partial charge is 0.330 e. The van der Waals surface area contributed by atoms with Gasteiger partial charge >= 0.3 is 5.97 Å². The van der Waals surface area contributed by atoms with Gasteiger partial charge in [-0.3, -0.25) is 0 Å². The van der Waals surface area contributed by atoms with E-state index in [1.54, 1.807) is 6.92 Å². The van der Waals surface area contributed by atoms with E-state index < -0.39 is 8.32 Å². The number of esters is 1. The molecule has 0 aliphatic rings. The van der Waals surface area contributed by atoms with E-state index >= 15 is 0 Å². The first-order chi connectivity index (χ1) is 8.14. The van der Waals surface area contributed by atoms with Crippen molar-refractivity contribution in [3.8, 4) is 0 Å². The van der Waals surface area contributed by atoms with Crippen molar-refractivity contribution in [3.05, 3.63) is 12.2 Å². The summed E-state index contributed by atoms with van der Waals surface area (Å²) < 4.78 is 11.1. The molecule has 0 aromatic heterocycles. The molecule has 0 saturated carbocycles. The van der Waals surface area contributed by atoms with Gasteiger partial charge in [0, 0.05) is 6.08 Å². The Kier molecular flexibility index (Phi) is 6.85. The van der Waals surface area contributed by atoms with Gasteiger partial charge < -0.3 is 9.16 Å². The second kappa shape index (κ2) is 7.09. The molecule has 0 heterocycles. The first-order valence-electron chi connectivity index (χ1n) is 6.66. The van der Waals surface area contributed by atoms with E-state index in [2.05, 4.69) is 40.8 Å². The monoisotopic (exact) mass is 272 g/mol. The van der Waals surface area contributed by atoms with Crippen LogP contribution in [-0.2, 0) is 14.0 Å². The number of ether oxygens (including phenoxy) is 1. The molecule has 0 radical (unpaired) electrons. The maximum absolute atomic E-state index is 11.3. The van der Waals surface area contributed by atoms with Crippen molar-refractivity contribution in [1.29, 1.82) is 0 Å². The van der Waals surface area contributed by atoms with Gasteiger partial charge in [0.25, 0.3) is 0 Å². The Balaban J connectivity index is 4.58. The van der Waals surface area contributed by atoms with E-state index in [1.807, 2.05) is 6.08 Å². The van der Waals surface area contributed by atoms with Crippen LogP contribution in [0.15, 0.2) is 12.2 Å². The van der Waals surface area contributed by atoms with Crippen molar-refractivity contribution < 1.29 is 14.0 Å². The zero-order valence-electron chi connectivity index (χ0n) is 12.9. The van der Waals surface area contributed by atoms with E-state index in [1.165, 1.54) is 6.08 Å². The highest BCUT2D eigenvalue weighted by molar-refractivity contribution is 6.74. The number of hydrogen-bond donors (Lipinski definition) is 0. The van der Waals surface area contributed by atoms with E-state index in [0.717, 1.165) is 6.42 Å². The number of rotatable bonds is 6. The summed E-state index contributed by atoms with van der Waals surface area (Å²) in [6.45, 7) is 15.3. The highest BCUT2D eigenvalue weighted by Crippen LogP contribution is 2.37. The molecule has 18 heavy (non-hydrogen) atoms. The Morgan fingerprint density at radius 3 is 2.22 bits per heavy atom. The Labute approximate surface area is 113 Å². The molecule has 0 aromatic carbocycles. The van der Waals surface area contributed by atoms with E-state index in [4.69, 9.17) is 9.16 Å². The molecule has 0 unspecified atom stereocenters. The van der Waals surface area contributed by atoms with Gasteiger partial charge in [0.05, 0.1) is 12.7 Å². The molecule has 0 aliphatic heterocycles. The Morgan fingerprint density at radius 1 is 1.28 bits per heavy atom. The van der Waals surface area contributed by atoms with E-state index in [9.17, 15) is 4.79 Å². The second-order valence-electron chi connectivity index (χ2n) is 5.94. The molecule has 0 aliphatic carbocycles. The molecule has 0 bridgehead atoms. The molecule has 0 saturated heterocycles. The topological polar surface area (TPSA) is 35.5 Å².